The van der Waals surface area contributed by atoms with Gasteiger partial charge in [-0.2, -0.15) is 0 Å². The lowest BCUT2D eigenvalue weighted by molar-refractivity contribution is 0.112. The molecule has 23 heavy (non-hydrogen) atoms. The molecule has 0 radical (unpaired) electrons. The summed E-state index contributed by atoms with van der Waals surface area (Å²) in [6.07, 6.45) is 19.2. The SMILES string of the molecule is CCCCC[C@H]1CC[C@H](C=CCCc2ccc(C=O)cc2)CC1. The van der Waals surface area contributed by atoms with Crippen LogP contribution in [0.1, 0.15) is 80.6 Å². The van der Waals surface area contributed by atoms with Crippen LogP contribution in [0, 0.1) is 11.8 Å². The molecule has 0 atom stereocenters. The van der Waals surface area contributed by atoms with E-state index in [0.29, 0.717) is 0 Å². The largest absolute Gasteiger partial charge is 0.298 e. The molecule has 126 valence electrons. The van der Waals surface area contributed by atoms with Crippen LogP contribution < -0.4 is 0 Å². The molecular weight excluding hydrogens is 280 g/mol. The molecule has 1 saturated carbocycles. The van der Waals surface area contributed by atoms with Gasteiger partial charge in [0.15, 0.2) is 0 Å². The summed E-state index contributed by atoms with van der Waals surface area (Å²) in [7, 11) is 0. The van der Waals surface area contributed by atoms with E-state index in [1.54, 1.807) is 0 Å². The minimum Gasteiger partial charge on any atom is -0.298 e. The molecule has 0 aliphatic heterocycles. The lowest BCUT2D eigenvalue weighted by Crippen LogP contribution is -2.13. The number of allylic oxidation sites excluding steroid dienone is 2. The molecule has 0 amide bonds. The van der Waals surface area contributed by atoms with Crippen LogP contribution in [0.2, 0.25) is 0 Å². The Hall–Kier alpha value is -1.37. The van der Waals surface area contributed by atoms with E-state index in [1.807, 2.05) is 12.1 Å². The first kappa shape index (κ1) is 18.0. The second kappa shape index (κ2) is 10.4. The highest BCUT2D eigenvalue weighted by Gasteiger charge is 2.18. The molecule has 0 bridgehead atoms. The predicted molar refractivity (Wildman–Crippen MR) is 98.9 cm³/mol. The molecule has 1 aromatic carbocycles. The smallest absolute Gasteiger partial charge is 0.150 e. The number of carbonyl (C=O) groups is 1. The lowest BCUT2D eigenvalue weighted by Gasteiger charge is -2.26. The van der Waals surface area contributed by atoms with Gasteiger partial charge in [0.05, 0.1) is 0 Å². The molecule has 0 aromatic heterocycles. The van der Waals surface area contributed by atoms with Crippen molar-refractivity contribution in [1.82, 2.24) is 0 Å². The molecule has 0 heterocycles. The van der Waals surface area contributed by atoms with Crippen molar-refractivity contribution in [3.63, 3.8) is 0 Å². The van der Waals surface area contributed by atoms with E-state index >= 15 is 0 Å². The van der Waals surface area contributed by atoms with Gasteiger partial charge in [-0.3, -0.25) is 4.79 Å². The number of benzene rings is 1. The monoisotopic (exact) mass is 312 g/mol. The second-order valence-electron chi connectivity index (χ2n) is 7.10. The van der Waals surface area contributed by atoms with Crippen molar-refractivity contribution >= 4 is 6.29 Å². The standard InChI is InChI=1S/C22H32O/c1-2-3-4-7-19-10-12-20(13-11-19)8-5-6-9-21-14-16-22(18-23)17-15-21/h5,8,14-20H,2-4,6-7,9-13H2,1H3/t19-,20-. The van der Waals surface area contributed by atoms with E-state index in [9.17, 15) is 4.79 Å². The number of aryl methyl sites for hydroxylation is 1. The van der Waals surface area contributed by atoms with Crippen molar-refractivity contribution in [3.8, 4) is 0 Å². The molecule has 0 N–H and O–H groups in total. The third-order valence-corrected chi connectivity index (χ3v) is 5.23. The first-order chi connectivity index (χ1) is 11.3. The van der Waals surface area contributed by atoms with Gasteiger partial charge in [-0.15, -0.1) is 0 Å². The fourth-order valence-electron chi connectivity index (χ4n) is 3.65. The van der Waals surface area contributed by atoms with Crippen LogP contribution in [-0.4, -0.2) is 6.29 Å². The van der Waals surface area contributed by atoms with Crippen molar-refractivity contribution in [2.24, 2.45) is 11.8 Å². The maximum absolute atomic E-state index is 10.6. The van der Waals surface area contributed by atoms with Gasteiger partial charge in [0.25, 0.3) is 0 Å². The van der Waals surface area contributed by atoms with Crippen LogP contribution in [0.25, 0.3) is 0 Å². The quantitative estimate of drug-likeness (QED) is 0.294. The van der Waals surface area contributed by atoms with Gasteiger partial charge in [-0.25, -0.2) is 0 Å². The van der Waals surface area contributed by atoms with Crippen LogP contribution in [-0.2, 0) is 6.42 Å². The maximum Gasteiger partial charge on any atom is 0.150 e. The summed E-state index contributed by atoms with van der Waals surface area (Å²) in [5.41, 5.74) is 2.08. The molecule has 0 saturated heterocycles. The van der Waals surface area contributed by atoms with E-state index in [1.165, 1.54) is 56.9 Å². The molecule has 1 aromatic rings. The Bertz CT molecular complexity index is 463. The summed E-state index contributed by atoms with van der Waals surface area (Å²) in [5.74, 6) is 1.82. The summed E-state index contributed by atoms with van der Waals surface area (Å²) >= 11 is 0. The summed E-state index contributed by atoms with van der Waals surface area (Å²) in [6.45, 7) is 2.29. The first-order valence-corrected chi connectivity index (χ1v) is 9.52. The fraction of sp³-hybridized carbons (Fsp3) is 0.591. The van der Waals surface area contributed by atoms with Crippen molar-refractivity contribution < 1.29 is 4.79 Å². The molecule has 1 heteroatoms. The van der Waals surface area contributed by atoms with Gasteiger partial charge in [0.2, 0.25) is 0 Å². The average molecular weight is 312 g/mol. The lowest BCUT2D eigenvalue weighted by atomic mass is 9.79. The number of hydrogen-bond acceptors (Lipinski definition) is 1. The highest BCUT2D eigenvalue weighted by Crippen LogP contribution is 2.32. The van der Waals surface area contributed by atoms with Gasteiger partial charge in [0, 0.05) is 5.56 Å². The van der Waals surface area contributed by atoms with Gasteiger partial charge < -0.3 is 0 Å². The van der Waals surface area contributed by atoms with Gasteiger partial charge in [-0.1, -0.05) is 69.0 Å². The van der Waals surface area contributed by atoms with Crippen LogP contribution in [0.3, 0.4) is 0 Å². The molecule has 1 aliphatic rings. The molecule has 0 unspecified atom stereocenters. The van der Waals surface area contributed by atoms with Crippen LogP contribution in [0.5, 0.6) is 0 Å². The van der Waals surface area contributed by atoms with E-state index in [4.69, 9.17) is 0 Å². The minimum atomic E-state index is 0.764. The van der Waals surface area contributed by atoms with Crippen molar-refractivity contribution in [3.05, 3.63) is 47.5 Å². The summed E-state index contributed by atoms with van der Waals surface area (Å²) < 4.78 is 0. The van der Waals surface area contributed by atoms with Gasteiger partial charge >= 0.3 is 0 Å². The zero-order chi connectivity index (χ0) is 16.3. The number of hydrogen-bond donors (Lipinski definition) is 0. The maximum atomic E-state index is 10.6. The Morgan fingerprint density at radius 2 is 1.78 bits per heavy atom. The average Bonchev–Trinajstić information content (AvgIpc) is 2.61. The van der Waals surface area contributed by atoms with Crippen molar-refractivity contribution in [2.45, 2.75) is 71.1 Å². The molecule has 1 aliphatic carbocycles. The number of aldehydes is 1. The Morgan fingerprint density at radius 3 is 2.43 bits per heavy atom. The summed E-state index contributed by atoms with van der Waals surface area (Å²) in [6, 6.07) is 7.95. The van der Waals surface area contributed by atoms with Crippen molar-refractivity contribution in [2.75, 3.05) is 0 Å². The number of unbranched alkanes of at least 4 members (excludes halogenated alkanes) is 2. The van der Waals surface area contributed by atoms with E-state index in [0.717, 1.165) is 36.5 Å². The fourth-order valence-corrected chi connectivity index (χ4v) is 3.65. The Balaban J connectivity index is 1.62. The zero-order valence-electron chi connectivity index (χ0n) is 14.7. The third kappa shape index (κ3) is 6.72. The van der Waals surface area contributed by atoms with Crippen molar-refractivity contribution in [1.29, 1.82) is 0 Å². The highest BCUT2D eigenvalue weighted by molar-refractivity contribution is 5.74. The van der Waals surface area contributed by atoms with E-state index in [-0.39, 0.29) is 0 Å². The zero-order valence-corrected chi connectivity index (χ0v) is 14.7. The highest BCUT2D eigenvalue weighted by atomic mass is 16.1. The van der Waals surface area contributed by atoms with E-state index in [2.05, 4.69) is 31.2 Å². The molecule has 0 spiro atoms. The van der Waals surface area contributed by atoms with Crippen LogP contribution in [0.4, 0.5) is 0 Å². The predicted octanol–water partition coefficient (Wildman–Crippen LogP) is 6.37. The molecular formula is C22H32O. The second-order valence-corrected chi connectivity index (χ2v) is 7.10. The van der Waals surface area contributed by atoms with E-state index < -0.39 is 0 Å². The molecule has 2 rings (SSSR count). The number of rotatable bonds is 9. The Morgan fingerprint density at radius 1 is 1.04 bits per heavy atom. The van der Waals surface area contributed by atoms with Crippen LogP contribution >= 0.6 is 0 Å². The molecule has 1 nitrogen and oxygen atoms in total. The summed E-state index contributed by atoms with van der Waals surface area (Å²) in [5, 5.41) is 0. The summed E-state index contributed by atoms with van der Waals surface area (Å²) in [4.78, 5) is 10.6. The third-order valence-electron chi connectivity index (χ3n) is 5.23. The van der Waals surface area contributed by atoms with Crippen LogP contribution in [0.15, 0.2) is 36.4 Å². The minimum absolute atomic E-state index is 0.764. The topological polar surface area (TPSA) is 17.1 Å². The Labute approximate surface area is 142 Å². The van der Waals surface area contributed by atoms with Gasteiger partial charge in [-0.05, 0) is 55.9 Å². The normalized spacial score (nSPS) is 21.6. The number of carbonyl (C=O) groups excluding carboxylic acids is 1. The molecule has 1 fully saturated rings. The van der Waals surface area contributed by atoms with Gasteiger partial charge in [0.1, 0.15) is 6.29 Å². The first-order valence-electron chi connectivity index (χ1n) is 9.52. The Kier molecular flexibility index (Phi) is 8.14.